The maximum absolute atomic E-state index is 12.6. The van der Waals surface area contributed by atoms with Crippen LogP contribution < -0.4 is 27.2 Å². The molecular weight excluding hydrogens is 350 g/mol. The molecule has 0 spiro atoms. The smallest absolute Gasteiger partial charge is 0.330 e. The molecule has 7 nitrogen and oxygen atoms in total. The standard InChI is InChI=1S/C18H31N5O2S/c1-3-5-11-20-18(26)23(13-9-7-8-10-13)14-15(19)22(12-6-4-2)17(25)21-16(14)24/h13H,3-12,19H2,1-2H3,(H,20,26)(H,21,24,25). The molecule has 1 aromatic rings. The summed E-state index contributed by atoms with van der Waals surface area (Å²) in [6.07, 6.45) is 7.94. The monoisotopic (exact) mass is 381 g/mol. The number of aromatic nitrogens is 2. The van der Waals surface area contributed by atoms with Gasteiger partial charge in [-0.1, -0.05) is 39.5 Å². The van der Waals surface area contributed by atoms with Crippen LogP contribution in [0.15, 0.2) is 9.59 Å². The lowest BCUT2D eigenvalue weighted by Crippen LogP contribution is -2.49. The van der Waals surface area contributed by atoms with Crippen molar-refractivity contribution in [2.24, 2.45) is 0 Å². The minimum atomic E-state index is -0.466. The SMILES string of the molecule is CCCCNC(=S)N(c1c(N)n(CCCC)c(=O)[nH]c1=O)C1CCCC1. The van der Waals surface area contributed by atoms with Crippen molar-refractivity contribution in [1.29, 1.82) is 0 Å². The molecule has 26 heavy (non-hydrogen) atoms. The molecule has 1 aliphatic carbocycles. The molecule has 4 N–H and O–H groups in total. The van der Waals surface area contributed by atoms with E-state index in [0.29, 0.717) is 17.3 Å². The zero-order valence-corrected chi connectivity index (χ0v) is 16.7. The molecule has 8 heteroatoms. The summed E-state index contributed by atoms with van der Waals surface area (Å²) in [5.41, 5.74) is 5.68. The first-order chi connectivity index (χ1) is 12.5. The topological polar surface area (TPSA) is 96.2 Å². The fraction of sp³-hybridized carbons (Fsp3) is 0.722. The van der Waals surface area contributed by atoms with Gasteiger partial charge in [0.05, 0.1) is 0 Å². The maximum Gasteiger partial charge on any atom is 0.330 e. The number of hydrogen-bond donors (Lipinski definition) is 3. The molecule has 0 aromatic carbocycles. The number of nitrogens with one attached hydrogen (secondary N) is 2. The molecular formula is C18H31N5O2S. The molecule has 0 aliphatic heterocycles. The lowest BCUT2D eigenvalue weighted by Gasteiger charge is -2.32. The molecule has 0 amide bonds. The van der Waals surface area contributed by atoms with Gasteiger partial charge in [-0.15, -0.1) is 0 Å². The highest BCUT2D eigenvalue weighted by molar-refractivity contribution is 7.80. The highest BCUT2D eigenvalue weighted by Gasteiger charge is 2.30. The number of thiocarbonyl (C=S) groups is 1. The second-order valence-electron chi connectivity index (χ2n) is 6.89. The molecule has 0 unspecified atom stereocenters. The first-order valence-corrected chi connectivity index (χ1v) is 10.1. The van der Waals surface area contributed by atoms with E-state index >= 15 is 0 Å². The van der Waals surface area contributed by atoms with Crippen LogP contribution in [-0.2, 0) is 6.54 Å². The molecule has 0 radical (unpaired) electrons. The van der Waals surface area contributed by atoms with E-state index in [9.17, 15) is 9.59 Å². The van der Waals surface area contributed by atoms with E-state index in [2.05, 4.69) is 17.2 Å². The Morgan fingerprint density at radius 3 is 2.54 bits per heavy atom. The Balaban J connectivity index is 2.44. The predicted molar refractivity (Wildman–Crippen MR) is 111 cm³/mol. The fourth-order valence-electron chi connectivity index (χ4n) is 3.42. The number of nitrogen functional groups attached to an aromatic ring is 1. The van der Waals surface area contributed by atoms with Crippen LogP contribution in [-0.4, -0.2) is 27.3 Å². The number of unbranched alkanes of at least 4 members (excludes halogenated alkanes) is 2. The van der Waals surface area contributed by atoms with Crippen molar-refractivity contribution >= 4 is 28.8 Å². The Labute approximate surface area is 160 Å². The molecule has 1 aromatic heterocycles. The molecule has 0 atom stereocenters. The van der Waals surface area contributed by atoms with Gasteiger partial charge in [0.2, 0.25) is 0 Å². The van der Waals surface area contributed by atoms with Crippen LogP contribution in [0.1, 0.15) is 65.2 Å². The molecule has 2 rings (SSSR count). The van der Waals surface area contributed by atoms with Gasteiger partial charge in [-0.05, 0) is 37.9 Å². The van der Waals surface area contributed by atoms with Crippen LogP contribution in [0.4, 0.5) is 11.5 Å². The quantitative estimate of drug-likeness (QED) is 0.472. The molecule has 0 saturated heterocycles. The lowest BCUT2D eigenvalue weighted by atomic mass is 10.2. The van der Waals surface area contributed by atoms with E-state index < -0.39 is 11.2 Å². The number of hydrogen-bond acceptors (Lipinski definition) is 4. The van der Waals surface area contributed by atoms with Crippen molar-refractivity contribution in [3.8, 4) is 0 Å². The summed E-state index contributed by atoms with van der Waals surface area (Å²) in [6, 6.07) is 0.136. The van der Waals surface area contributed by atoms with Crippen LogP contribution in [0.2, 0.25) is 0 Å². The minimum absolute atomic E-state index is 0.136. The van der Waals surface area contributed by atoms with Gasteiger partial charge < -0.3 is 16.0 Å². The molecule has 1 heterocycles. The summed E-state index contributed by atoms with van der Waals surface area (Å²) in [7, 11) is 0. The first-order valence-electron chi connectivity index (χ1n) is 9.70. The van der Waals surface area contributed by atoms with E-state index in [1.54, 1.807) is 0 Å². The van der Waals surface area contributed by atoms with Gasteiger partial charge in [-0.2, -0.15) is 0 Å². The number of nitrogens with two attached hydrogens (primary N) is 1. The van der Waals surface area contributed by atoms with Crippen molar-refractivity contribution in [2.45, 2.75) is 77.8 Å². The van der Waals surface area contributed by atoms with Crippen molar-refractivity contribution in [2.75, 3.05) is 17.2 Å². The second kappa shape index (κ2) is 9.75. The van der Waals surface area contributed by atoms with Gasteiger partial charge in [0.25, 0.3) is 5.56 Å². The minimum Gasteiger partial charge on any atom is -0.383 e. The Morgan fingerprint density at radius 2 is 1.92 bits per heavy atom. The predicted octanol–water partition coefficient (Wildman–Crippen LogP) is 2.34. The molecule has 1 fully saturated rings. The Kier molecular flexibility index (Phi) is 7.68. The van der Waals surface area contributed by atoms with E-state index in [-0.39, 0.29) is 11.9 Å². The van der Waals surface area contributed by atoms with Gasteiger partial charge in [0.1, 0.15) is 5.82 Å². The maximum atomic E-state index is 12.6. The zero-order valence-electron chi connectivity index (χ0n) is 15.8. The van der Waals surface area contributed by atoms with Gasteiger partial charge in [-0.25, -0.2) is 4.79 Å². The van der Waals surface area contributed by atoms with Crippen molar-refractivity contribution in [3.63, 3.8) is 0 Å². The Hall–Kier alpha value is -1.83. The average molecular weight is 382 g/mol. The highest BCUT2D eigenvalue weighted by Crippen LogP contribution is 2.29. The van der Waals surface area contributed by atoms with E-state index in [1.165, 1.54) is 4.57 Å². The van der Waals surface area contributed by atoms with Crippen LogP contribution >= 0.6 is 12.2 Å². The summed E-state index contributed by atoms with van der Waals surface area (Å²) in [5.74, 6) is 0.207. The Morgan fingerprint density at radius 1 is 1.27 bits per heavy atom. The van der Waals surface area contributed by atoms with Crippen LogP contribution in [0, 0.1) is 0 Å². The zero-order chi connectivity index (χ0) is 19.1. The van der Waals surface area contributed by atoms with Gasteiger partial charge in [0, 0.05) is 19.1 Å². The summed E-state index contributed by atoms with van der Waals surface area (Å²) in [4.78, 5) is 29.1. The van der Waals surface area contributed by atoms with Crippen LogP contribution in [0.5, 0.6) is 0 Å². The van der Waals surface area contributed by atoms with Gasteiger partial charge in [0.15, 0.2) is 10.8 Å². The van der Waals surface area contributed by atoms with Crippen molar-refractivity contribution in [3.05, 3.63) is 20.8 Å². The molecule has 0 bridgehead atoms. The Bertz CT molecular complexity index is 721. The van der Waals surface area contributed by atoms with Gasteiger partial charge >= 0.3 is 5.69 Å². The molecule has 146 valence electrons. The molecule has 1 saturated carbocycles. The summed E-state index contributed by atoms with van der Waals surface area (Å²) >= 11 is 5.61. The molecule has 1 aliphatic rings. The third kappa shape index (κ3) is 4.66. The fourth-order valence-corrected chi connectivity index (χ4v) is 3.76. The van der Waals surface area contributed by atoms with Crippen molar-refractivity contribution < 1.29 is 0 Å². The lowest BCUT2D eigenvalue weighted by molar-refractivity contribution is 0.599. The van der Waals surface area contributed by atoms with Crippen molar-refractivity contribution in [1.82, 2.24) is 14.9 Å². The van der Waals surface area contributed by atoms with Crippen LogP contribution in [0.25, 0.3) is 0 Å². The van der Waals surface area contributed by atoms with Gasteiger partial charge in [-0.3, -0.25) is 14.3 Å². The third-order valence-corrected chi connectivity index (χ3v) is 5.25. The summed E-state index contributed by atoms with van der Waals surface area (Å²) in [6.45, 7) is 5.41. The first kappa shape index (κ1) is 20.5. The summed E-state index contributed by atoms with van der Waals surface area (Å²) < 4.78 is 1.46. The number of rotatable bonds is 8. The number of H-pyrrole nitrogens is 1. The normalized spacial score (nSPS) is 14.5. The number of aromatic amines is 1. The van der Waals surface area contributed by atoms with E-state index in [0.717, 1.165) is 57.9 Å². The van der Waals surface area contributed by atoms with E-state index in [1.807, 2.05) is 11.8 Å². The number of anilines is 2. The second-order valence-corrected chi connectivity index (χ2v) is 7.28. The van der Waals surface area contributed by atoms with Crippen LogP contribution in [0.3, 0.4) is 0 Å². The summed E-state index contributed by atoms with van der Waals surface area (Å²) in [5, 5.41) is 3.77. The largest absolute Gasteiger partial charge is 0.383 e. The average Bonchev–Trinajstić information content (AvgIpc) is 3.12. The number of nitrogens with zero attached hydrogens (tertiary/aromatic N) is 2. The highest BCUT2D eigenvalue weighted by atomic mass is 32.1. The van der Waals surface area contributed by atoms with E-state index in [4.69, 9.17) is 18.0 Å². The third-order valence-electron chi connectivity index (χ3n) is 4.91.